The Balaban J connectivity index is 1.52. The van der Waals surface area contributed by atoms with Crippen molar-refractivity contribution in [1.29, 1.82) is 0 Å². The molecule has 2 heterocycles. The van der Waals surface area contributed by atoms with E-state index in [4.69, 9.17) is 19.2 Å². The summed E-state index contributed by atoms with van der Waals surface area (Å²) < 4.78 is 17.5. The Hall–Kier alpha value is -2.68. The SMILES string of the molecule is COc1ccc2sc(N(CCN3CCOCC3)C(=O)COc3cccc(C)c3)nc2c1. The highest BCUT2D eigenvalue weighted by atomic mass is 32.1. The molecule has 7 nitrogen and oxygen atoms in total. The number of methoxy groups -OCH3 is 1. The van der Waals surface area contributed by atoms with Gasteiger partial charge in [-0.3, -0.25) is 14.6 Å². The lowest BCUT2D eigenvalue weighted by Crippen LogP contribution is -2.44. The fraction of sp³-hybridized carbons (Fsp3) is 0.391. The number of aromatic nitrogens is 1. The summed E-state index contributed by atoms with van der Waals surface area (Å²) in [6, 6.07) is 13.5. The number of benzene rings is 2. The van der Waals surface area contributed by atoms with Crippen LogP contribution in [-0.4, -0.2) is 68.9 Å². The maximum atomic E-state index is 13.2. The van der Waals surface area contributed by atoms with Crippen LogP contribution in [0.1, 0.15) is 5.56 Å². The lowest BCUT2D eigenvalue weighted by atomic mass is 10.2. The quantitative estimate of drug-likeness (QED) is 0.534. The molecular weight excluding hydrogens is 414 g/mol. The van der Waals surface area contributed by atoms with Crippen LogP contribution in [0, 0.1) is 6.92 Å². The minimum Gasteiger partial charge on any atom is -0.497 e. The van der Waals surface area contributed by atoms with Gasteiger partial charge in [0.1, 0.15) is 11.5 Å². The summed E-state index contributed by atoms with van der Waals surface area (Å²) in [5.74, 6) is 1.33. The number of ether oxygens (including phenoxy) is 3. The summed E-state index contributed by atoms with van der Waals surface area (Å²) in [5, 5.41) is 0.675. The van der Waals surface area contributed by atoms with Crippen molar-refractivity contribution in [3.8, 4) is 11.5 Å². The predicted molar refractivity (Wildman–Crippen MR) is 122 cm³/mol. The van der Waals surface area contributed by atoms with Crippen molar-refractivity contribution < 1.29 is 19.0 Å². The first-order valence-corrected chi connectivity index (χ1v) is 11.2. The summed E-state index contributed by atoms with van der Waals surface area (Å²) in [4.78, 5) is 21.9. The first-order valence-electron chi connectivity index (χ1n) is 10.4. The second-order valence-electron chi connectivity index (χ2n) is 7.43. The van der Waals surface area contributed by atoms with E-state index in [0.717, 1.165) is 54.4 Å². The average molecular weight is 442 g/mol. The van der Waals surface area contributed by atoms with Gasteiger partial charge >= 0.3 is 0 Å². The van der Waals surface area contributed by atoms with Crippen molar-refractivity contribution in [3.63, 3.8) is 0 Å². The molecule has 0 saturated carbocycles. The number of rotatable bonds is 8. The van der Waals surface area contributed by atoms with E-state index in [1.807, 2.05) is 49.4 Å². The van der Waals surface area contributed by atoms with E-state index in [1.165, 1.54) is 11.3 Å². The molecule has 0 aliphatic carbocycles. The minimum atomic E-state index is -0.110. The van der Waals surface area contributed by atoms with Crippen molar-refractivity contribution in [2.75, 3.05) is 58.0 Å². The second-order valence-corrected chi connectivity index (χ2v) is 8.44. The number of carbonyl (C=O) groups excluding carboxylic acids is 1. The number of nitrogens with zero attached hydrogens (tertiary/aromatic N) is 3. The fourth-order valence-corrected chi connectivity index (χ4v) is 4.45. The Bertz CT molecular complexity index is 1030. The smallest absolute Gasteiger partial charge is 0.266 e. The standard InChI is InChI=1S/C23H27N3O4S/c1-17-4-3-5-19(14-17)30-16-22(27)26(9-8-25-10-12-29-13-11-25)23-24-20-15-18(28-2)6-7-21(20)31-23/h3-7,14-15H,8-13,16H2,1-2H3. The summed E-state index contributed by atoms with van der Waals surface area (Å²) in [5.41, 5.74) is 1.91. The minimum absolute atomic E-state index is 0.0359. The Morgan fingerprint density at radius 1 is 1.19 bits per heavy atom. The molecule has 0 bridgehead atoms. The Labute approximate surface area is 186 Å². The molecule has 0 atom stereocenters. The van der Waals surface area contributed by atoms with Crippen molar-refractivity contribution in [3.05, 3.63) is 48.0 Å². The van der Waals surface area contributed by atoms with Crippen LogP contribution in [0.15, 0.2) is 42.5 Å². The van der Waals surface area contributed by atoms with E-state index < -0.39 is 0 Å². The number of hydrogen-bond acceptors (Lipinski definition) is 7. The molecule has 1 fully saturated rings. The maximum Gasteiger partial charge on any atom is 0.266 e. The molecule has 3 aromatic rings. The fourth-order valence-electron chi connectivity index (χ4n) is 3.46. The number of aryl methyl sites for hydroxylation is 1. The summed E-state index contributed by atoms with van der Waals surface area (Å²) >= 11 is 1.50. The van der Waals surface area contributed by atoms with E-state index in [2.05, 4.69) is 4.90 Å². The zero-order valence-electron chi connectivity index (χ0n) is 17.9. The molecule has 0 N–H and O–H groups in total. The van der Waals surface area contributed by atoms with E-state index in [0.29, 0.717) is 17.4 Å². The van der Waals surface area contributed by atoms with Gasteiger partial charge in [-0.1, -0.05) is 23.5 Å². The highest BCUT2D eigenvalue weighted by molar-refractivity contribution is 7.22. The monoisotopic (exact) mass is 441 g/mol. The first kappa shape index (κ1) is 21.5. The van der Waals surface area contributed by atoms with Crippen LogP contribution in [0.3, 0.4) is 0 Å². The Morgan fingerprint density at radius 2 is 2.03 bits per heavy atom. The van der Waals surface area contributed by atoms with Gasteiger partial charge in [-0.2, -0.15) is 0 Å². The summed E-state index contributed by atoms with van der Waals surface area (Å²) in [6.45, 7) is 6.48. The molecule has 8 heteroatoms. The zero-order chi connectivity index (χ0) is 21.6. The van der Waals surface area contributed by atoms with Crippen molar-refractivity contribution in [2.45, 2.75) is 6.92 Å². The Morgan fingerprint density at radius 3 is 2.81 bits per heavy atom. The van der Waals surface area contributed by atoms with Crippen LogP contribution in [0.5, 0.6) is 11.5 Å². The molecule has 1 aromatic heterocycles. The third kappa shape index (κ3) is 5.52. The van der Waals surface area contributed by atoms with Gasteiger partial charge in [0.15, 0.2) is 11.7 Å². The van der Waals surface area contributed by atoms with Gasteiger partial charge in [-0.25, -0.2) is 4.98 Å². The number of hydrogen-bond donors (Lipinski definition) is 0. The Kier molecular flexibility index (Phi) is 7.01. The van der Waals surface area contributed by atoms with Gasteiger partial charge in [0.25, 0.3) is 5.91 Å². The number of carbonyl (C=O) groups is 1. The van der Waals surface area contributed by atoms with Gasteiger partial charge in [0.2, 0.25) is 0 Å². The van der Waals surface area contributed by atoms with Gasteiger partial charge < -0.3 is 14.2 Å². The van der Waals surface area contributed by atoms with Crippen LogP contribution < -0.4 is 14.4 Å². The van der Waals surface area contributed by atoms with Crippen molar-refractivity contribution in [1.82, 2.24) is 9.88 Å². The number of thiazole rings is 1. The zero-order valence-corrected chi connectivity index (χ0v) is 18.7. The molecule has 4 rings (SSSR count). The third-order valence-electron chi connectivity index (χ3n) is 5.21. The molecule has 1 aliphatic rings. The normalized spacial score (nSPS) is 14.5. The molecule has 0 radical (unpaired) electrons. The predicted octanol–water partition coefficient (Wildman–Crippen LogP) is 3.36. The average Bonchev–Trinajstić information content (AvgIpc) is 3.21. The van der Waals surface area contributed by atoms with Gasteiger partial charge in [-0.05, 0) is 36.8 Å². The molecule has 0 spiro atoms. The second kappa shape index (κ2) is 10.1. The lowest BCUT2D eigenvalue weighted by Gasteiger charge is -2.29. The lowest BCUT2D eigenvalue weighted by molar-refractivity contribution is -0.120. The van der Waals surface area contributed by atoms with Gasteiger partial charge in [0.05, 0.1) is 30.5 Å². The van der Waals surface area contributed by atoms with Crippen molar-refractivity contribution in [2.24, 2.45) is 0 Å². The van der Waals surface area contributed by atoms with Crippen LogP contribution in [0.2, 0.25) is 0 Å². The largest absolute Gasteiger partial charge is 0.497 e. The molecule has 1 amide bonds. The molecule has 1 saturated heterocycles. The third-order valence-corrected chi connectivity index (χ3v) is 6.27. The molecular formula is C23H27N3O4S. The highest BCUT2D eigenvalue weighted by Crippen LogP contribution is 2.31. The highest BCUT2D eigenvalue weighted by Gasteiger charge is 2.22. The molecule has 0 unspecified atom stereocenters. The number of morpholine rings is 1. The van der Waals surface area contributed by atoms with E-state index in [1.54, 1.807) is 12.0 Å². The maximum absolute atomic E-state index is 13.2. The first-order chi connectivity index (χ1) is 15.1. The number of anilines is 1. The summed E-state index contributed by atoms with van der Waals surface area (Å²) in [7, 11) is 1.63. The molecule has 31 heavy (non-hydrogen) atoms. The van der Waals surface area contributed by atoms with E-state index in [-0.39, 0.29) is 12.5 Å². The molecule has 2 aromatic carbocycles. The van der Waals surface area contributed by atoms with E-state index in [9.17, 15) is 4.79 Å². The number of fused-ring (bicyclic) bond motifs is 1. The van der Waals surface area contributed by atoms with E-state index >= 15 is 0 Å². The van der Waals surface area contributed by atoms with Crippen LogP contribution in [0.4, 0.5) is 5.13 Å². The van der Waals surface area contributed by atoms with Crippen LogP contribution in [0.25, 0.3) is 10.2 Å². The van der Waals surface area contributed by atoms with Crippen molar-refractivity contribution >= 4 is 32.6 Å². The summed E-state index contributed by atoms with van der Waals surface area (Å²) in [6.07, 6.45) is 0. The van der Waals surface area contributed by atoms with Gasteiger partial charge in [0, 0.05) is 32.2 Å². The van der Waals surface area contributed by atoms with Gasteiger partial charge in [-0.15, -0.1) is 0 Å². The molecule has 1 aliphatic heterocycles. The van der Waals surface area contributed by atoms with Crippen LogP contribution in [-0.2, 0) is 9.53 Å². The number of amides is 1. The molecule has 164 valence electrons. The topological polar surface area (TPSA) is 64.1 Å². The van der Waals surface area contributed by atoms with Crippen LogP contribution >= 0.6 is 11.3 Å².